The molecule has 0 aromatic heterocycles. The molecule has 0 unspecified atom stereocenters. The predicted molar refractivity (Wildman–Crippen MR) is 108 cm³/mol. The quantitative estimate of drug-likeness (QED) is 0.554. The Bertz CT molecular complexity index is 790. The summed E-state index contributed by atoms with van der Waals surface area (Å²) in [5.74, 6) is 0.716. The Morgan fingerprint density at radius 3 is 2.50 bits per heavy atom. The van der Waals surface area contributed by atoms with Gasteiger partial charge in [-0.3, -0.25) is 0 Å². The van der Waals surface area contributed by atoms with Gasteiger partial charge >= 0.3 is 0 Å². The SMILES string of the molecule is CCC(=S)Nc1cccc(C(F)F)c1COc1cc(C)c(CC)cc1C. The van der Waals surface area contributed by atoms with Gasteiger partial charge in [-0.2, -0.15) is 0 Å². The van der Waals surface area contributed by atoms with Crippen molar-refractivity contribution in [1.29, 1.82) is 0 Å². The van der Waals surface area contributed by atoms with Crippen LogP contribution in [0.1, 0.15) is 54.5 Å². The number of ether oxygens (including phenoxy) is 1. The zero-order valence-corrected chi connectivity index (χ0v) is 16.5. The summed E-state index contributed by atoms with van der Waals surface area (Å²) in [6.45, 7) is 8.09. The number of alkyl halides is 2. The van der Waals surface area contributed by atoms with Crippen molar-refractivity contribution in [3.63, 3.8) is 0 Å². The van der Waals surface area contributed by atoms with Gasteiger partial charge in [0.15, 0.2) is 0 Å². The molecule has 0 fully saturated rings. The Labute approximate surface area is 159 Å². The number of hydrogen-bond donors (Lipinski definition) is 1. The molecule has 26 heavy (non-hydrogen) atoms. The molecule has 0 saturated heterocycles. The molecule has 2 aromatic rings. The van der Waals surface area contributed by atoms with Gasteiger partial charge in [-0.15, -0.1) is 0 Å². The number of hydrogen-bond acceptors (Lipinski definition) is 2. The Morgan fingerprint density at radius 2 is 1.88 bits per heavy atom. The predicted octanol–water partition coefficient (Wildman–Crippen LogP) is 6.53. The minimum atomic E-state index is -2.57. The molecule has 0 aliphatic heterocycles. The fourth-order valence-corrected chi connectivity index (χ4v) is 2.97. The minimum Gasteiger partial charge on any atom is -0.489 e. The molecule has 2 rings (SSSR count). The second-order valence-corrected chi connectivity index (χ2v) is 6.75. The van der Waals surface area contributed by atoms with Crippen molar-refractivity contribution >= 4 is 22.9 Å². The van der Waals surface area contributed by atoms with Crippen molar-refractivity contribution in [3.8, 4) is 5.75 Å². The topological polar surface area (TPSA) is 21.3 Å². The fraction of sp³-hybridized carbons (Fsp3) is 0.381. The first-order valence-corrected chi connectivity index (χ1v) is 9.20. The molecular formula is C21H25F2NOS. The van der Waals surface area contributed by atoms with Crippen molar-refractivity contribution in [2.75, 3.05) is 5.32 Å². The normalized spacial score (nSPS) is 10.9. The Kier molecular flexibility index (Phi) is 7.09. The molecule has 5 heteroatoms. The number of nitrogens with one attached hydrogen (secondary N) is 1. The van der Waals surface area contributed by atoms with Crippen molar-refractivity contribution in [2.45, 2.75) is 53.6 Å². The van der Waals surface area contributed by atoms with Crippen LogP contribution < -0.4 is 10.1 Å². The molecule has 140 valence electrons. The molecule has 0 radical (unpaired) electrons. The highest BCUT2D eigenvalue weighted by atomic mass is 32.1. The molecule has 0 bridgehead atoms. The molecular weight excluding hydrogens is 352 g/mol. The third-order valence-corrected chi connectivity index (χ3v) is 4.82. The average Bonchev–Trinajstić information content (AvgIpc) is 2.62. The number of anilines is 1. The second-order valence-electron chi connectivity index (χ2n) is 6.26. The molecule has 2 nitrogen and oxygen atoms in total. The maximum Gasteiger partial charge on any atom is 0.264 e. The van der Waals surface area contributed by atoms with Gasteiger partial charge in [0.1, 0.15) is 12.4 Å². The van der Waals surface area contributed by atoms with Gasteiger partial charge in [0, 0.05) is 16.8 Å². The van der Waals surface area contributed by atoms with Crippen LogP contribution in [0.2, 0.25) is 0 Å². The van der Waals surface area contributed by atoms with Gasteiger partial charge in [-0.25, -0.2) is 8.78 Å². The molecule has 1 N–H and O–H groups in total. The summed E-state index contributed by atoms with van der Waals surface area (Å²) in [6.07, 6.45) is -0.981. The third kappa shape index (κ3) is 4.79. The molecule has 0 atom stereocenters. The third-order valence-electron chi connectivity index (χ3n) is 4.43. The van der Waals surface area contributed by atoms with E-state index in [1.807, 2.05) is 26.8 Å². The molecule has 0 saturated carbocycles. The zero-order chi connectivity index (χ0) is 19.3. The standard InChI is InChI=1S/C21H25F2NOS/c1-5-15-10-14(4)19(11-13(15)3)25-12-17-16(21(22)23)8-7-9-18(17)24-20(26)6-2/h7-11,21H,5-6,12H2,1-4H3,(H,24,26). The van der Waals surface area contributed by atoms with Crippen LogP contribution in [0.15, 0.2) is 30.3 Å². The van der Waals surface area contributed by atoms with Crippen LogP contribution in [-0.2, 0) is 13.0 Å². The summed E-state index contributed by atoms with van der Waals surface area (Å²) < 4.78 is 32.9. The van der Waals surface area contributed by atoms with E-state index in [4.69, 9.17) is 17.0 Å². The number of rotatable bonds is 7. The first-order chi connectivity index (χ1) is 12.4. The van der Waals surface area contributed by atoms with E-state index in [9.17, 15) is 8.78 Å². The maximum atomic E-state index is 13.5. The van der Waals surface area contributed by atoms with Gasteiger partial charge in [0.2, 0.25) is 0 Å². The van der Waals surface area contributed by atoms with E-state index < -0.39 is 6.43 Å². The van der Waals surface area contributed by atoms with Crippen LogP contribution in [0, 0.1) is 13.8 Å². The van der Waals surface area contributed by atoms with Crippen LogP contribution in [-0.4, -0.2) is 4.99 Å². The van der Waals surface area contributed by atoms with Crippen molar-refractivity contribution in [1.82, 2.24) is 0 Å². The highest BCUT2D eigenvalue weighted by molar-refractivity contribution is 7.80. The van der Waals surface area contributed by atoms with Gasteiger partial charge in [0.05, 0.1) is 4.99 Å². The maximum absolute atomic E-state index is 13.5. The monoisotopic (exact) mass is 377 g/mol. The van der Waals surface area contributed by atoms with Crippen LogP contribution in [0.25, 0.3) is 0 Å². The fourth-order valence-electron chi connectivity index (χ4n) is 2.86. The van der Waals surface area contributed by atoms with Crippen LogP contribution in [0.4, 0.5) is 14.5 Å². The number of halogens is 2. The van der Waals surface area contributed by atoms with E-state index in [1.54, 1.807) is 12.1 Å². The van der Waals surface area contributed by atoms with Gasteiger partial charge in [-0.05, 0) is 55.5 Å². The van der Waals surface area contributed by atoms with Crippen molar-refractivity contribution in [2.24, 2.45) is 0 Å². The lowest BCUT2D eigenvalue weighted by Gasteiger charge is -2.18. The van der Waals surface area contributed by atoms with Crippen LogP contribution in [0.3, 0.4) is 0 Å². The lowest BCUT2D eigenvalue weighted by Crippen LogP contribution is -2.12. The molecule has 0 aliphatic rings. The summed E-state index contributed by atoms with van der Waals surface area (Å²) in [6, 6.07) is 8.86. The minimum absolute atomic E-state index is 0.0338. The van der Waals surface area contributed by atoms with Gasteiger partial charge in [0.25, 0.3) is 6.43 Å². The van der Waals surface area contributed by atoms with E-state index in [-0.39, 0.29) is 12.2 Å². The molecule has 2 aromatic carbocycles. The number of thiocarbonyl (C=S) groups is 1. The summed E-state index contributed by atoms with van der Waals surface area (Å²) >= 11 is 5.21. The second kappa shape index (κ2) is 9.08. The number of aryl methyl sites for hydroxylation is 3. The first-order valence-electron chi connectivity index (χ1n) is 8.80. The molecule has 0 heterocycles. The van der Waals surface area contributed by atoms with Crippen LogP contribution in [0.5, 0.6) is 5.75 Å². The molecule has 0 amide bonds. The highest BCUT2D eigenvalue weighted by Crippen LogP contribution is 2.31. The van der Waals surface area contributed by atoms with E-state index in [0.29, 0.717) is 28.4 Å². The highest BCUT2D eigenvalue weighted by Gasteiger charge is 2.18. The number of benzene rings is 2. The van der Waals surface area contributed by atoms with Crippen molar-refractivity contribution < 1.29 is 13.5 Å². The lowest BCUT2D eigenvalue weighted by molar-refractivity contribution is 0.148. The zero-order valence-electron chi connectivity index (χ0n) is 15.7. The van der Waals surface area contributed by atoms with E-state index in [0.717, 1.165) is 17.5 Å². The van der Waals surface area contributed by atoms with Crippen molar-refractivity contribution in [3.05, 3.63) is 58.1 Å². The molecule has 0 spiro atoms. The summed E-state index contributed by atoms with van der Waals surface area (Å²) in [5, 5.41) is 3.05. The smallest absolute Gasteiger partial charge is 0.264 e. The van der Waals surface area contributed by atoms with Gasteiger partial charge < -0.3 is 10.1 Å². The summed E-state index contributed by atoms with van der Waals surface area (Å²) in [4.78, 5) is 0.608. The Morgan fingerprint density at radius 1 is 1.15 bits per heavy atom. The van der Waals surface area contributed by atoms with E-state index in [2.05, 4.69) is 18.3 Å². The largest absolute Gasteiger partial charge is 0.489 e. The Balaban J connectivity index is 2.33. The average molecular weight is 378 g/mol. The van der Waals surface area contributed by atoms with E-state index >= 15 is 0 Å². The molecule has 0 aliphatic carbocycles. The summed E-state index contributed by atoms with van der Waals surface area (Å²) in [5.41, 5.74) is 4.39. The van der Waals surface area contributed by atoms with E-state index in [1.165, 1.54) is 11.6 Å². The Hall–Kier alpha value is -2.01. The van der Waals surface area contributed by atoms with Gasteiger partial charge in [-0.1, -0.05) is 44.3 Å². The lowest BCUT2D eigenvalue weighted by atomic mass is 10.0. The summed E-state index contributed by atoms with van der Waals surface area (Å²) in [7, 11) is 0. The first kappa shape index (κ1) is 20.3. The van der Waals surface area contributed by atoms with Crippen LogP contribution >= 0.6 is 12.2 Å².